The molecular weight excluding hydrogens is 238 g/mol. The van der Waals surface area contributed by atoms with E-state index >= 15 is 0 Å². The highest BCUT2D eigenvalue weighted by molar-refractivity contribution is 5.40. The molecule has 0 aliphatic carbocycles. The first-order chi connectivity index (χ1) is 9.42. The first kappa shape index (κ1) is 13.8. The van der Waals surface area contributed by atoms with Crippen LogP contribution in [0.25, 0.3) is 5.69 Å². The third-order valence-corrected chi connectivity index (χ3v) is 3.01. The topological polar surface area (TPSA) is 39.1 Å². The number of aromatic nitrogens is 2. The summed E-state index contributed by atoms with van der Waals surface area (Å²) in [4.78, 5) is 0. The van der Waals surface area contributed by atoms with Gasteiger partial charge in [-0.2, -0.15) is 5.10 Å². The van der Waals surface area contributed by atoms with Crippen molar-refractivity contribution >= 4 is 0 Å². The van der Waals surface area contributed by atoms with Crippen LogP contribution in [-0.4, -0.2) is 30.0 Å². The predicted octanol–water partition coefficient (Wildman–Crippen LogP) is 2.39. The summed E-state index contributed by atoms with van der Waals surface area (Å²) in [6.45, 7) is 2.71. The van der Waals surface area contributed by atoms with E-state index in [1.54, 1.807) is 13.3 Å². The molecule has 102 valence electrons. The summed E-state index contributed by atoms with van der Waals surface area (Å²) in [6, 6.07) is 10.3. The molecule has 0 amide bonds. The van der Waals surface area contributed by atoms with Crippen LogP contribution < -0.4 is 5.32 Å². The van der Waals surface area contributed by atoms with Crippen molar-refractivity contribution in [2.75, 3.05) is 20.3 Å². The number of nitrogens with zero attached hydrogens (tertiary/aromatic N) is 2. The summed E-state index contributed by atoms with van der Waals surface area (Å²) in [5.41, 5.74) is 2.40. The van der Waals surface area contributed by atoms with E-state index in [4.69, 9.17) is 4.74 Å². The fourth-order valence-electron chi connectivity index (χ4n) is 2.01. The Morgan fingerprint density at radius 1 is 1.21 bits per heavy atom. The Labute approximate surface area is 114 Å². The minimum Gasteiger partial charge on any atom is -0.385 e. The summed E-state index contributed by atoms with van der Waals surface area (Å²) in [7, 11) is 1.74. The largest absolute Gasteiger partial charge is 0.385 e. The van der Waals surface area contributed by atoms with Gasteiger partial charge in [0, 0.05) is 32.7 Å². The highest BCUT2D eigenvalue weighted by Gasteiger charge is 2.03. The van der Waals surface area contributed by atoms with Gasteiger partial charge < -0.3 is 10.1 Å². The Balaban J connectivity index is 1.87. The second-order valence-corrected chi connectivity index (χ2v) is 4.46. The number of rotatable bonds is 8. The van der Waals surface area contributed by atoms with Gasteiger partial charge in [-0.15, -0.1) is 0 Å². The number of unbranched alkanes of at least 4 members (excludes halogenated alkanes) is 1. The first-order valence-corrected chi connectivity index (χ1v) is 6.69. The zero-order valence-corrected chi connectivity index (χ0v) is 11.4. The quantitative estimate of drug-likeness (QED) is 0.740. The van der Waals surface area contributed by atoms with Crippen molar-refractivity contribution in [2.24, 2.45) is 0 Å². The summed E-state index contributed by atoms with van der Waals surface area (Å²) in [5.74, 6) is 0. The molecule has 1 aromatic heterocycles. The van der Waals surface area contributed by atoms with Crippen LogP contribution in [0.2, 0.25) is 0 Å². The lowest BCUT2D eigenvalue weighted by molar-refractivity contribution is 0.192. The molecule has 0 saturated carbocycles. The minimum absolute atomic E-state index is 0.839. The zero-order valence-electron chi connectivity index (χ0n) is 11.4. The summed E-state index contributed by atoms with van der Waals surface area (Å²) >= 11 is 0. The van der Waals surface area contributed by atoms with Crippen LogP contribution in [-0.2, 0) is 11.3 Å². The number of ether oxygens (including phenoxy) is 1. The number of nitrogens with one attached hydrogen (secondary N) is 1. The fourth-order valence-corrected chi connectivity index (χ4v) is 2.01. The number of hydrogen-bond acceptors (Lipinski definition) is 3. The molecule has 0 radical (unpaired) electrons. The maximum atomic E-state index is 5.04. The van der Waals surface area contributed by atoms with E-state index in [1.165, 1.54) is 5.56 Å². The SMILES string of the molecule is COCCCCNCc1ccccc1-n1cccn1. The van der Waals surface area contributed by atoms with E-state index < -0.39 is 0 Å². The van der Waals surface area contributed by atoms with Gasteiger partial charge in [0.2, 0.25) is 0 Å². The smallest absolute Gasteiger partial charge is 0.0690 e. The Kier molecular flexibility index (Phi) is 5.59. The molecule has 19 heavy (non-hydrogen) atoms. The molecule has 0 atom stereocenters. The highest BCUT2D eigenvalue weighted by atomic mass is 16.5. The van der Waals surface area contributed by atoms with Crippen molar-refractivity contribution in [3.05, 3.63) is 48.3 Å². The van der Waals surface area contributed by atoms with Crippen molar-refractivity contribution in [1.29, 1.82) is 0 Å². The molecular formula is C15H21N3O. The summed E-state index contributed by atoms with van der Waals surface area (Å²) in [6.07, 6.45) is 6.01. The third-order valence-electron chi connectivity index (χ3n) is 3.01. The molecule has 0 bridgehead atoms. The van der Waals surface area contributed by atoms with Gasteiger partial charge in [0.15, 0.2) is 0 Å². The van der Waals surface area contributed by atoms with E-state index in [1.807, 2.05) is 23.0 Å². The van der Waals surface area contributed by atoms with Gasteiger partial charge in [0.05, 0.1) is 5.69 Å². The van der Waals surface area contributed by atoms with Gasteiger partial charge in [-0.25, -0.2) is 4.68 Å². The molecule has 1 aromatic carbocycles. The number of para-hydroxylation sites is 1. The van der Waals surface area contributed by atoms with Crippen LogP contribution in [0.15, 0.2) is 42.7 Å². The molecule has 2 aromatic rings. The van der Waals surface area contributed by atoms with Crippen LogP contribution in [0.5, 0.6) is 0 Å². The van der Waals surface area contributed by atoms with Crippen molar-refractivity contribution in [1.82, 2.24) is 15.1 Å². The van der Waals surface area contributed by atoms with Crippen molar-refractivity contribution < 1.29 is 4.74 Å². The van der Waals surface area contributed by atoms with Crippen LogP contribution in [0.1, 0.15) is 18.4 Å². The standard InChI is InChI=1S/C15H21N3O/c1-19-12-5-4-9-16-13-14-7-2-3-8-15(14)18-11-6-10-17-18/h2-3,6-8,10-11,16H,4-5,9,12-13H2,1H3. The average Bonchev–Trinajstić information content (AvgIpc) is 2.97. The van der Waals surface area contributed by atoms with Crippen molar-refractivity contribution in [3.63, 3.8) is 0 Å². The van der Waals surface area contributed by atoms with E-state index in [-0.39, 0.29) is 0 Å². The zero-order chi connectivity index (χ0) is 13.3. The lowest BCUT2D eigenvalue weighted by atomic mass is 10.1. The first-order valence-electron chi connectivity index (χ1n) is 6.69. The Bertz CT molecular complexity index is 468. The molecule has 0 aliphatic rings. The van der Waals surface area contributed by atoms with Crippen LogP contribution in [0.4, 0.5) is 0 Å². The van der Waals surface area contributed by atoms with Gasteiger partial charge in [-0.05, 0) is 37.1 Å². The van der Waals surface area contributed by atoms with E-state index in [9.17, 15) is 0 Å². The van der Waals surface area contributed by atoms with Gasteiger partial charge >= 0.3 is 0 Å². The highest BCUT2D eigenvalue weighted by Crippen LogP contribution is 2.12. The predicted molar refractivity (Wildman–Crippen MR) is 76.4 cm³/mol. The lowest BCUT2D eigenvalue weighted by Gasteiger charge is -2.10. The van der Waals surface area contributed by atoms with Crippen molar-refractivity contribution in [2.45, 2.75) is 19.4 Å². The molecule has 0 fully saturated rings. The van der Waals surface area contributed by atoms with Crippen molar-refractivity contribution in [3.8, 4) is 5.69 Å². The molecule has 4 heteroatoms. The Hall–Kier alpha value is -1.65. The molecule has 0 unspecified atom stereocenters. The lowest BCUT2D eigenvalue weighted by Crippen LogP contribution is -2.16. The van der Waals surface area contributed by atoms with Gasteiger partial charge in [0.25, 0.3) is 0 Å². The number of hydrogen-bond donors (Lipinski definition) is 1. The van der Waals surface area contributed by atoms with Gasteiger partial charge in [-0.1, -0.05) is 18.2 Å². The van der Waals surface area contributed by atoms with Crippen LogP contribution >= 0.6 is 0 Å². The molecule has 1 heterocycles. The summed E-state index contributed by atoms with van der Waals surface area (Å²) < 4.78 is 6.94. The number of benzene rings is 1. The molecule has 0 saturated heterocycles. The summed E-state index contributed by atoms with van der Waals surface area (Å²) in [5, 5.41) is 7.75. The molecule has 4 nitrogen and oxygen atoms in total. The maximum Gasteiger partial charge on any atom is 0.0690 e. The maximum absolute atomic E-state index is 5.04. The van der Waals surface area contributed by atoms with Gasteiger partial charge in [0.1, 0.15) is 0 Å². The van der Waals surface area contributed by atoms with Crippen LogP contribution in [0.3, 0.4) is 0 Å². The second-order valence-electron chi connectivity index (χ2n) is 4.46. The number of methoxy groups -OCH3 is 1. The van der Waals surface area contributed by atoms with E-state index in [0.717, 1.165) is 38.2 Å². The Morgan fingerprint density at radius 3 is 2.89 bits per heavy atom. The average molecular weight is 259 g/mol. The molecule has 0 aliphatic heterocycles. The normalized spacial score (nSPS) is 10.8. The second kappa shape index (κ2) is 7.71. The molecule has 2 rings (SSSR count). The minimum atomic E-state index is 0.839. The van der Waals surface area contributed by atoms with Gasteiger partial charge in [-0.3, -0.25) is 0 Å². The van der Waals surface area contributed by atoms with Crippen LogP contribution in [0, 0.1) is 0 Å². The fraction of sp³-hybridized carbons (Fsp3) is 0.400. The molecule has 1 N–H and O–H groups in total. The van der Waals surface area contributed by atoms with E-state index in [2.05, 4.69) is 28.6 Å². The third kappa shape index (κ3) is 4.19. The molecule has 0 spiro atoms. The van der Waals surface area contributed by atoms with E-state index in [0.29, 0.717) is 0 Å². The monoisotopic (exact) mass is 259 g/mol. The Morgan fingerprint density at radius 2 is 2.11 bits per heavy atom.